The molecule has 1 fully saturated rings. The van der Waals surface area contributed by atoms with Crippen LogP contribution in [0, 0.1) is 0 Å². The van der Waals surface area contributed by atoms with Gasteiger partial charge in [0.15, 0.2) is 0 Å². The fourth-order valence-electron chi connectivity index (χ4n) is 2.05. The van der Waals surface area contributed by atoms with Crippen molar-refractivity contribution in [3.8, 4) is 0 Å². The molecule has 1 aliphatic rings. The highest BCUT2D eigenvalue weighted by molar-refractivity contribution is 9.10. The molecule has 0 spiro atoms. The predicted molar refractivity (Wildman–Crippen MR) is 69.7 cm³/mol. The maximum atomic E-state index is 11.9. The number of hydrogen-bond acceptors (Lipinski definition) is 3. The van der Waals surface area contributed by atoms with Crippen molar-refractivity contribution in [2.45, 2.75) is 0 Å². The van der Waals surface area contributed by atoms with Crippen molar-refractivity contribution >= 4 is 32.8 Å². The van der Waals surface area contributed by atoms with Crippen LogP contribution in [0.25, 0.3) is 11.0 Å². The molecule has 1 saturated heterocycles. The molecular weight excluding hydrogens is 286 g/mol. The second kappa shape index (κ2) is 4.19. The van der Waals surface area contributed by atoms with E-state index in [1.54, 1.807) is 12.3 Å². The van der Waals surface area contributed by atoms with E-state index in [1.807, 2.05) is 0 Å². The number of rotatable bonds is 1. The highest BCUT2D eigenvalue weighted by Gasteiger charge is 2.14. The lowest BCUT2D eigenvalue weighted by atomic mass is 10.3. The number of fused-ring (bicyclic) bond motifs is 1. The summed E-state index contributed by atoms with van der Waals surface area (Å²) in [4.78, 5) is 20.3. The molecule has 0 radical (unpaired) electrons. The van der Waals surface area contributed by atoms with Crippen molar-refractivity contribution in [2.24, 2.45) is 0 Å². The summed E-state index contributed by atoms with van der Waals surface area (Å²) < 4.78 is 6.17. The zero-order valence-corrected chi connectivity index (χ0v) is 10.7. The zero-order valence-electron chi connectivity index (χ0n) is 9.12. The van der Waals surface area contributed by atoms with Gasteiger partial charge in [-0.05, 0) is 15.9 Å². The average molecular weight is 298 g/mol. The summed E-state index contributed by atoms with van der Waals surface area (Å²) in [6.07, 6.45) is 1.77. The molecule has 0 amide bonds. The van der Waals surface area contributed by atoms with Crippen molar-refractivity contribution in [1.82, 2.24) is 9.97 Å². The van der Waals surface area contributed by atoms with Crippen molar-refractivity contribution in [1.29, 1.82) is 0 Å². The minimum absolute atomic E-state index is 0.00550. The first kappa shape index (κ1) is 10.9. The van der Waals surface area contributed by atoms with Crippen molar-refractivity contribution in [3.63, 3.8) is 0 Å². The Hall–Kier alpha value is -1.27. The summed E-state index contributed by atoms with van der Waals surface area (Å²) in [6, 6.07) is 1.64. The van der Waals surface area contributed by atoms with E-state index in [-0.39, 0.29) is 5.43 Å². The van der Waals surface area contributed by atoms with Crippen LogP contribution < -0.4 is 10.3 Å². The van der Waals surface area contributed by atoms with E-state index in [0.717, 1.165) is 28.9 Å². The third-order valence-corrected chi connectivity index (χ3v) is 3.58. The average Bonchev–Trinajstić information content (AvgIpc) is 2.73. The molecule has 0 bridgehead atoms. The Morgan fingerprint density at radius 3 is 2.82 bits per heavy atom. The highest BCUT2D eigenvalue weighted by atomic mass is 79.9. The van der Waals surface area contributed by atoms with Crippen LogP contribution in [0.3, 0.4) is 0 Å². The maximum Gasteiger partial charge on any atom is 0.207 e. The van der Waals surface area contributed by atoms with Gasteiger partial charge in [0.1, 0.15) is 11.3 Å². The number of aromatic amines is 2. The topological polar surface area (TPSA) is 61.1 Å². The standard InChI is InChI=1S/C11H12BrN3O2/c12-7-6-13-11-8(16)5-9(14-10(7)11)15-1-3-17-4-2-15/h5-6,13H,1-4H2,(H,14,16). The number of pyridine rings is 1. The Labute approximate surface area is 106 Å². The molecule has 5 nitrogen and oxygen atoms in total. The monoisotopic (exact) mass is 297 g/mol. The smallest absolute Gasteiger partial charge is 0.207 e. The van der Waals surface area contributed by atoms with E-state index in [4.69, 9.17) is 4.74 Å². The SMILES string of the molecule is O=c1cc(N2CCOCC2)[nH]c2c(Br)c[nH]c12. The summed E-state index contributed by atoms with van der Waals surface area (Å²) in [7, 11) is 0. The van der Waals surface area contributed by atoms with Gasteiger partial charge in [-0.2, -0.15) is 0 Å². The van der Waals surface area contributed by atoms with Gasteiger partial charge >= 0.3 is 0 Å². The maximum absolute atomic E-state index is 11.9. The summed E-state index contributed by atoms with van der Waals surface area (Å²) in [6.45, 7) is 3.02. The largest absolute Gasteiger partial charge is 0.378 e. The van der Waals surface area contributed by atoms with Crippen LogP contribution in [-0.4, -0.2) is 36.3 Å². The Bertz CT molecular complexity index is 598. The molecule has 1 aliphatic heterocycles. The summed E-state index contributed by atoms with van der Waals surface area (Å²) in [5, 5.41) is 0. The van der Waals surface area contributed by atoms with E-state index < -0.39 is 0 Å². The second-order valence-electron chi connectivity index (χ2n) is 4.00. The van der Waals surface area contributed by atoms with Gasteiger partial charge in [-0.15, -0.1) is 0 Å². The molecule has 6 heteroatoms. The number of nitrogens with zero attached hydrogens (tertiary/aromatic N) is 1. The van der Waals surface area contributed by atoms with Gasteiger partial charge in [0.2, 0.25) is 5.43 Å². The van der Waals surface area contributed by atoms with Gasteiger partial charge < -0.3 is 19.6 Å². The van der Waals surface area contributed by atoms with Gasteiger partial charge in [0.05, 0.1) is 23.2 Å². The van der Waals surface area contributed by atoms with E-state index in [1.165, 1.54) is 0 Å². The molecule has 3 heterocycles. The molecule has 0 aliphatic carbocycles. The van der Waals surface area contributed by atoms with Crippen LogP contribution in [0.4, 0.5) is 5.82 Å². The number of nitrogens with one attached hydrogen (secondary N) is 2. The molecule has 3 rings (SSSR count). The van der Waals surface area contributed by atoms with E-state index >= 15 is 0 Å². The van der Waals surface area contributed by atoms with Crippen LogP contribution in [0.15, 0.2) is 21.5 Å². The third-order valence-electron chi connectivity index (χ3n) is 2.95. The minimum atomic E-state index is 0.00550. The number of hydrogen-bond donors (Lipinski definition) is 2. The first-order chi connectivity index (χ1) is 8.25. The van der Waals surface area contributed by atoms with Crippen molar-refractivity contribution < 1.29 is 4.74 Å². The normalized spacial score (nSPS) is 16.6. The number of H-pyrrole nitrogens is 2. The van der Waals surface area contributed by atoms with Crippen LogP contribution >= 0.6 is 15.9 Å². The summed E-state index contributed by atoms with van der Waals surface area (Å²) in [5.74, 6) is 0.853. The molecule has 2 aromatic heterocycles. The number of halogens is 1. The first-order valence-electron chi connectivity index (χ1n) is 5.48. The number of aromatic nitrogens is 2. The van der Waals surface area contributed by atoms with Crippen LogP contribution in [0.5, 0.6) is 0 Å². The van der Waals surface area contributed by atoms with E-state index in [0.29, 0.717) is 18.7 Å². The summed E-state index contributed by atoms with van der Waals surface area (Å²) in [5.41, 5.74) is 1.43. The molecule has 0 unspecified atom stereocenters. The van der Waals surface area contributed by atoms with Crippen LogP contribution in [0.1, 0.15) is 0 Å². The molecular formula is C11H12BrN3O2. The van der Waals surface area contributed by atoms with Gasteiger partial charge in [0, 0.05) is 25.4 Å². The summed E-state index contributed by atoms with van der Waals surface area (Å²) >= 11 is 3.41. The molecule has 17 heavy (non-hydrogen) atoms. The van der Waals surface area contributed by atoms with Gasteiger partial charge in [-0.3, -0.25) is 4.79 Å². The predicted octanol–water partition coefficient (Wildman–Crippen LogP) is 1.46. The Morgan fingerprint density at radius 1 is 1.29 bits per heavy atom. The number of morpholine rings is 1. The minimum Gasteiger partial charge on any atom is -0.378 e. The fraction of sp³-hybridized carbons (Fsp3) is 0.364. The number of anilines is 1. The van der Waals surface area contributed by atoms with Crippen molar-refractivity contribution in [3.05, 3.63) is 27.0 Å². The Kier molecular flexibility index (Phi) is 2.68. The van der Waals surface area contributed by atoms with Crippen LogP contribution in [0.2, 0.25) is 0 Å². The van der Waals surface area contributed by atoms with Gasteiger partial charge in [-0.25, -0.2) is 0 Å². The molecule has 0 atom stereocenters. The quantitative estimate of drug-likeness (QED) is 0.838. The fourth-order valence-corrected chi connectivity index (χ4v) is 2.46. The second-order valence-corrected chi connectivity index (χ2v) is 4.86. The molecule has 90 valence electrons. The third kappa shape index (κ3) is 1.87. The van der Waals surface area contributed by atoms with Crippen molar-refractivity contribution in [2.75, 3.05) is 31.2 Å². The highest BCUT2D eigenvalue weighted by Crippen LogP contribution is 2.22. The zero-order chi connectivity index (χ0) is 11.8. The van der Waals surface area contributed by atoms with E-state index in [9.17, 15) is 4.79 Å². The lowest BCUT2D eigenvalue weighted by Gasteiger charge is -2.28. The van der Waals surface area contributed by atoms with Gasteiger partial charge in [-0.1, -0.05) is 0 Å². The van der Waals surface area contributed by atoms with Gasteiger partial charge in [0.25, 0.3) is 0 Å². The Morgan fingerprint density at radius 2 is 2.06 bits per heavy atom. The number of ether oxygens (including phenoxy) is 1. The Balaban J connectivity index is 2.10. The first-order valence-corrected chi connectivity index (χ1v) is 6.27. The molecule has 2 aromatic rings. The molecule has 0 aromatic carbocycles. The lowest BCUT2D eigenvalue weighted by molar-refractivity contribution is 0.122. The molecule has 2 N–H and O–H groups in total. The lowest BCUT2D eigenvalue weighted by Crippen LogP contribution is -2.37. The van der Waals surface area contributed by atoms with E-state index in [2.05, 4.69) is 30.8 Å². The molecule has 0 saturated carbocycles. The van der Waals surface area contributed by atoms with Crippen LogP contribution in [-0.2, 0) is 4.74 Å².